The Morgan fingerprint density at radius 1 is 0.881 bits per heavy atom. The molecule has 2 saturated heterocycles. The number of alkyl halides is 3. The van der Waals surface area contributed by atoms with Crippen LogP contribution in [0.3, 0.4) is 0 Å². The van der Waals surface area contributed by atoms with Gasteiger partial charge in [0.05, 0.1) is 19.1 Å². The van der Waals surface area contributed by atoms with E-state index in [2.05, 4.69) is 0 Å². The molecule has 4 rings (SSSR count). The molecule has 0 radical (unpaired) electrons. The first-order valence-corrected chi connectivity index (χ1v) is 14.0. The highest BCUT2D eigenvalue weighted by atomic mass is 19.4. The zero-order chi connectivity index (χ0) is 30.8. The summed E-state index contributed by atoms with van der Waals surface area (Å²) in [5, 5.41) is 0. The Morgan fingerprint density at radius 3 is 2.05 bits per heavy atom. The van der Waals surface area contributed by atoms with Gasteiger partial charge in [-0.15, -0.1) is 0 Å². The summed E-state index contributed by atoms with van der Waals surface area (Å²) in [5.41, 5.74) is -4.92. The number of ether oxygens (including phenoxy) is 3. The zero-order valence-corrected chi connectivity index (χ0v) is 24.3. The molecule has 2 fully saturated rings. The second-order valence-corrected chi connectivity index (χ2v) is 12.0. The van der Waals surface area contributed by atoms with Gasteiger partial charge in [0.15, 0.2) is 11.0 Å². The van der Waals surface area contributed by atoms with Crippen LogP contribution in [0.15, 0.2) is 60.7 Å². The molecule has 228 valence electrons. The van der Waals surface area contributed by atoms with E-state index in [1.54, 1.807) is 51.1 Å². The lowest BCUT2D eigenvalue weighted by atomic mass is 9.78. The average Bonchev–Trinajstić information content (AvgIpc) is 2.92. The van der Waals surface area contributed by atoms with Crippen molar-refractivity contribution in [1.29, 1.82) is 0 Å². The quantitative estimate of drug-likeness (QED) is 0.293. The van der Waals surface area contributed by atoms with Crippen LogP contribution in [0.4, 0.5) is 22.8 Å². The maximum atomic E-state index is 14.6. The van der Waals surface area contributed by atoms with Gasteiger partial charge >= 0.3 is 24.3 Å². The Morgan fingerprint density at radius 2 is 1.48 bits per heavy atom. The highest BCUT2D eigenvalue weighted by Gasteiger charge is 2.64. The molecule has 0 saturated carbocycles. The molecule has 11 heteroatoms. The first kappa shape index (κ1) is 31.2. The Kier molecular flexibility index (Phi) is 8.80. The van der Waals surface area contributed by atoms with E-state index in [-0.39, 0.29) is 31.8 Å². The van der Waals surface area contributed by atoms with Crippen LogP contribution in [0.5, 0.6) is 0 Å². The van der Waals surface area contributed by atoms with Crippen molar-refractivity contribution < 1.29 is 41.8 Å². The third-order valence-electron chi connectivity index (χ3n) is 7.74. The minimum atomic E-state index is -4.98. The van der Waals surface area contributed by atoms with Crippen LogP contribution in [-0.4, -0.2) is 71.0 Å². The number of amides is 2. The van der Waals surface area contributed by atoms with Gasteiger partial charge in [-0.2, -0.15) is 13.2 Å². The minimum absolute atomic E-state index is 0.00340. The SMILES string of the molecule is CC(C)(C)OC(=O)N1CCCC[C@H]1C1(OC(=O)[C@](C)(c2ccccc2)C(F)(F)F)CN(C(=O)OCc2ccccc2)C1. The van der Waals surface area contributed by atoms with E-state index < -0.39 is 47.0 Å². The van der Waals surface area contributed by atoms with Crippen LogP contribution in [0, 0.1) is 0 Å². The van der Waals surface area contributed by atoms with Crippen molar-refractivity contribution in [1.82, 2.24) is 9.80 Å². The lowest BCUT2D eigenvalue weighted by Gasteiger charge is -2.56. The van der Waals surface area contributed by atoms with E-state index in [1.165, 1.54) is 34.1 Å². The smallest absolute Gasteiger partial charge is 0.410 e. The summed E-state index contributed by atoms with van der Waals surface area (Å²) in [6.45, 7) is 5.71. The second kappa shape index (κ2) is 11.9. The molecule has 0 bridgehead atoms. The van der Waals surface area contributed by atoms with E-state index in [4.69, 9.17) is 14.2 Å². The molecule has 2 amide bonds. The molecule has 0 aromatic heterocycles. The van der Waals surface area contributed by atoms with Gasteiger partial charge in [0.25, 0.3) is 0 Å². The lowest BCUT2D eigenvalue weighted by molar-refractivity contribution is -0.231. The van der Waals surface area contributed by atoms with Gasteiger partial charge in [-0.25, -0.2) is 9.59 Å². The number of carbonyl (C=O) groups is 3. The van der Waals surface area contributed by atoms with Crippen LogP contribution in [0.1, 0.15) is 58.1 Å². The van der Waals surface area contributed by atoms with Gasteiger partial charge in [-0.1, -0.05) is 60.7 Å². The molecule has 0 spiro atoms. The monoisotopic (exact) mass is 590 g/mol. The van der Waals surface area contributed by atoms with Crippen molar-refractivity contribution in [3.05, 3.63) is 71.8 Å². The number of piperidine rings is 1. The highest BCUT2D eigenvalue weighted by Crippen LogP contribution is 2.45. The van der Waals surface area contributed by atoms with E-state index in [1.807, 2.05) is 6.07 Å². The number of hydrogen-bond acceptors (Lipinski definition) is 6. The summed E-state index contributed by atoms with van der Waals surface area (Å²) in [6, 6.07) is 15.0. The molecule has 2 aromatic carbocycles. The fraction of sp³-hybridized carbons (Fsp3) is 0.516. The number of esters is 1. The van der Waals surface area contributed by atoms with Gasteiger partial charge in [-0.05, 0) is 58.1 Å². The molecule has 2 aliphatic rings. The predicted molar refractivity (Wildman–Crippen MR) is 147 cm³/mol. The fourth-order valence-electron chi connectivity index (χ4n) is 5.36. The Labute approximate surface area is 243 Å². The van der Waals surface area contributed by atoms with Gasteiger partial charge in [-0.3, -0.25) is 9.69 Å². The molecule has 2 atom stereocenters. The first-order chi connectivity index (χ1) is 19.7. The van der Waals surface area contributed by atoms with Crippen molar-refractivity contribution in [2.45, 2.75) is 82.4 Å². The van der Waals surface area contributed by atoms with Crippen molar-refractivity contribution in [2.24, 2.45) is 0 Å². The molecule has 0 unspecified atom stereocenters. The Balaban J connectivity index is 1.63. The van der Waals surface area contributed by atoms with Crippen molar-refractivity contribution in [3.8, 4) is 0 Å². The maximum absolute atomic E-state index is 14.6. The number of nitrogens with zero attached hydrogens (tertiary/aromatic N) is 2. The summed E-state index contributed by atoms with van der Waals surface area (Å²) >= 11 is 0. The summed E-state index contributed by atoms with van der Waals surface area (Å²) in [5.74, 6) is -1.51. The van der Waals surface area contributed by atoms with E-state index in [0.717, 1.165) is 12.5 Å². The van der Waals surface area contributed by atoms with Gasteiger partial charge < -0.3 is 19.1 Å². The third kappa shape index (κ3) is 6.50. The van der Waals surface area contributed by atoms with Crippen LogP contribution in [0.2, 0.25) is 0 Å². The minimum Gasteiger partial charge on any atom is -0.452 e. The number of benzene rings is 2. The van der Waals surface area contributed by atoms with Crippen LogP contribution in [-0.2, 0) is 31.0 Å². The standard InChI is InChI=1S/C31H37F3N2O6/c1-28(2,3)42-27(39)36-18-12-11-17-24(36)30(20-35(21-30)26(38)40-19-22-13-7-5-8-14-22)41-25(37)29(4,31(32,33)34)23-15-9-6-10-16-23/h5-10,13-16,24H,11-12,17-21H2,1-4H3/t24-,29-/m0/s1. The zero-order valence-electron chi connectivity index (χ0n) is 24.3. The molecule has 2 aliphatic heterocycles. The number of hydrogen-bond donors (Lipinski definition) is 0. The topological polar surface area (TPSA) is 85.4 Å². The maximum Gasteiger partial charge on any atom is 0.410 e. The normalized spacial score (nSPS) is 20.1. The van der Waals surface area contributed by atoms with Crippen molar-refractivity contribution in [2.75, 3.05) is 19.6 Å². The highest BCUT2D eigenvalue weighted by molar-refractivity contribution is 5.85. The van der Waals surface area contributed by atoms with E-state index in [9.17, 15) is 27.6 Å². The summed E-state index contributed by atoms with van der Waals surface area (Å²) in [6.07, 6.45) is -4.69. The van der Waals surface area contributed by atoms with Gasteiger partial charge in [0.1, 0.15) is 12.2 Å². The van der Waals surface area contributed by atoms with Gasteiger partial charge in [0.2, 0.25) is 0 Å². The second-order valence-electron chi connectivity index (χ2n) is 12.0. The van der Waals surface area contributed by atoms with Crippen molar-refractivity contribution >= 4 is 18.2 Å². The van der Waals surface area contributed by atoms with Gasteiger partial charge in [0, 0.05) is 6.54 Å². The third-order valence-corrected chi connectivity index (χ3v) is 7.74. The number of likely N-dealkylation sites (tertiary alicyclic amines) is 2. The molecular formula is C31H37F3N2O6. The van der Waals surface area contributed by atoms with Crippen molar-refractivity contribution in [3.63, 3.8) is 0 Å². The fourth-order valence-corrected chi connectivity index (χ4v) is 5.36. The predicted octanol–water partition coefficient (Wildman–Crippen LogP) is 6.23. The van der Waals surface area contributed by atoms with E-state index in [0.29, 0.717) is 19.3 Å². The molecule has 0 N–H and O–H groups in total. The molecule has 2 aromatic rings. The lowest BCUT2D eigenvalue weighted by Crippen LogP contribution is -2.75. The number of carbonyl (C=O) groups excluding carboxylic acids is 3. The van der Waals surface area contributed by atoms with E-state index >= 15 is 0 Å². The summed E-state index contributed by atoms with van der Waals surface area (Å²) in [4.78, 5) is 42.5. The summed E-state index contributed by atoms with van der Waals surface area (Å²) < 4.78 is 60.6. The average molecular weight is 591 g/mol. The van der Waals surface area contributed by atoms with Crippen LogP contribution >= 0.6 is 0 Å². The molecule has 42 heavy (non-hydrogen) atoms. The molecule has 2 heterocycles. The first-order valence-electron chi connectivity index (χ1n) is 14.0. The molecular weight excluding hydrogens is 553 g/mol. The van der Waals surface area contributed by atoms with Crippen LogP contribution < -0.4 is 0 Å². The molecule has 0 aliphatic carbocycles. The largest absolute Gasteiger partial charge is 0.452 e. The molecule has 8 nitrogen and oxygen atoms in total. The Bertz CT molecular complexity index is 1260. The Hall–Kier alpha value is -3.76. The number of halogens is 3. The summed E-state index contributed by atoms with van der Waals surface area (Å²) in [7, 11) is 0. The van der Waals surface area contributed by atoms with Crippen LogP contribution in [0.25, 0.3) is 0 Å². The number of rotatable bonds is 6.